The quantitative estimate of drug-likeness (QED) is 0.719. The van der Waals surface area contributed by atoms with E-state index in [1.807, 2.05) is 0 Å². The minimum atomic E-state index is 0.299. The highest BCUT2D eigenvalue weighted by Crippen LogP contribution is 2.19. The first kappa shape index (κ1) is 12.1. The molecule has 0 aromatic carbocycles. The molecule has 2 N–H and O–H groups in total. The number of nitrogens with zero attached hydrogens (tertiary/aromatic N) is 2. The normalized spacial score (nSPS) is 35.4. The fourth-order valence-electron chi connectivity index (χ4n) is 2.99. The van der Waals surface area contributed by atoms with Gasteiger partial charge in [-0.3, -0.25) is 0 Å². The summed E-state index contributed by atoms with van der Waals surface area (Å²) in [6.07, 6.45) is 8.30. The van der Waals surface area contributed by atoms with Gasteiger partial charge in [-0.05, 0) is 45.8 Å². The molecule has 0 aromatic rings. The summed E-state index contributed by atoms with van der Waals surface area (Å²) in [6.45, 7) is 3.64. The molecule has 3 nitrogen and oxygen atoms in total. The maximum atomic E-state index is 5.87. The van der Waals surface area contributed by atoms with Crippen LogP contribution >= 0.6 is 0 Å². The van der Waals surface area contributed by atoms with Crippen LogP contribution in [0, 0.1) is 5.92 Å². The van der Waals surface area contributed by atoms with Gasteiger partial charge in [0.2, 0.25) is 0 Å². The van der Waals surface area contributed by atoms with Gasteiger partial charge in [0.05, 0.1) is 0 Å². The molecule has 3 heteroatoms. The van der Waals surface area contributed by atoms with Crippen molar-refractivity contribution in [3.63, 3.8) is 0 Å². The zero-order chi connectivity index (χ0) is 11.5. The highest BCUT2D eigenvalue weighted by atomic mass is 15.2. The number of nitrogens with two attached hydrogens (primary N) is 1. The monoisotopic (exact) mass is 223 g/mol. The average Bonchev–Trinajstić information content (AvgIpc) is 2.77. The Morgan fingerprint density at radius 2 is 2.19 bits per heavy atom. The molecule has 0 radical (unpaired) electrons. The van der Waals surface area contributed by atoms with Crippen LogP contribution in [0.1, 0.15) is 19.3 Å². The Balaban J connectivity index is 1.72. The van der Waals surface area contributed by atoms with Gasteiger partial charge in [0.25, 0.3) is 0 Å². The summed E-state index contributed by atoms with van der Waals surface area (Å²) in [5.74, 6) is 0.673. The first-order chi connectivity index (χ1) is 7.65. The summed E-state index contributed by atoms with van der Waals surface area (Å²) < 4.78 is 0. The van der Waals surface area contributed by atoms with Crippen LogP contribution in [0.25, 0.3) is 0 Å². The molecule has 1 saturated heterocycles. The number of likely N-dealkylation sites (tertiary alicyclic amines) is 1. The predicted octanol–water partition coefficient (Wildman–Crippen LogP) is 0.916. The summed E-state index contributed by atoms with van der Waals surface area (Å²) in [7, 11) is 4.49. The van der Waals surface area contributed by atoms with Crippen LogP contribution in [0.2, 0.25) is 0 Å². The second kappa shape index (κ2) is 5.30. The molecule has 1 aliphatic carbocycles. The van der Waals surface area contributed by atoms with Crippen LogP contribution in [0.4, 0.5) is 0 Å². The third-order valence-corrected chi connectivity index (χ3v) is 3.95. The van der Waals surface area contributed by atoms with Crippen LogP contribution < -0.4 is 5.73 Å². The number of hydrogen-bond acceptors (Lipinski definition) is 3. The zero-order valence-electron chi connectivity index (χ0n) is 10.6. The highest BCUT2D eigenvalue weighted by Gasteiger charge is 2.23. The SMILES string of the molecule is CN(CC1C=CC(N)C1)CC1CCCN1C. The number of likely N-dealkylation sites (N-methyl/N-ethyl adjacent to an activating group) is 2. The molecular formula is C13H25N3. The lowest BCUT2D eigenvalue weighted by Gasteiger charge is -2.27. The predicted molar refractivity (Wildman–Crippen MR) is 68.4 cm³/mol. The van der Waals surface area contributed by atoms with E-state index in [1.54, 1.807) is 0 Å². The second-order valence-electron chi connectivity index (χ2n) is 5.54. The molecule has 0 bridgehead atoms. The van der Waals surface area contributed by atoms with E-state index in [0.717, 1.165) is 19.0 Å². The molecule has 1 fully saturated rings. The van der Waals surface area contributed by atoms with Gasteiger partial charge in [-0.2, -0.15) is 0 Å². The van der Waals surface area contributed by atoms with Crippen LogP contribution in [0.15, 0.2) is 12.2 Å². The topological polar surface area (TPSA) is 32.5 Å². The lowest BCUT2D eigenvalue weighted by Crippen LogP contribution is -2.38. The van der Waals surface area contributed by atoms with Crippen molar-refractivity contribution in [3.05, 3.63) is 12.2 Å². The van der Waals surface area contributed by atoms with Crippen LogP contribution in [0.3, 0.4) is 0 Å². The molecule has 3 unspecified atom stereocenters. The Morgan fingerprint density at radius 1 is 1.38 bits per heavy atom. The molecule has 1 heterocycles. The second-order valence-corrected chi connectivity index (χ2v) is 5.54. The summed E-state index contributed by atoms with van der Waals surface area (Å²) in [5.41, 5.74) is 5.87. The number of rotatable bonds is 4. The van der Waals surface area contributed by atoms with Crippen LogP contribution in [-0.2, 0) is 0 Å². The largest absolute Gasteiger partial charge is 0.324 e. The van der Waals surface area contributed by atoms with Crippen molar-refractivity contribution in [1.29, 1.82) is 0 Å². The van der Waals surface area contributed by atoms with E-state index in [1.165, 1.54) is 25.9 Å². The minimum Gasteiger partial charge on any atom is -0.324 e. The molecule has 16 heavy (non-hydrogen) atoms. The van der Waals surface area contributed by atoms with Gasteiger partial charge in [-0.1, -0.05) is 12.2 Å². The maximum absolute atomic E-state index is 5.87. The first-order valence-electron chi connectivity index (χ1n) is 6.48. The summed E-state index contributed by atoms with van der Waals surface area (Å²) in [5, 5.41) is 0. The Kier molecular flexibility index (Phi) is 4.00. The average molecular weight is 223 g/mol. The first-order valence-corrected chi connectivity index (χ1v) is 6.48. The van der Waals surface area contributed by atoms with E-state index < -0.39 is 0 Å². The Hall–Kier alpha value is -0.380. The molecular weight excluding hydrogens is 198 g/mol. The highest BCUT2D eigenvalue weighted by molar-refractivity contribution is 5.05. The van der Waals surface area contributed by atoms with Gasteiger partial charge < -0.3 is 15.5 Å². The summed E-state index contributed by atoms with van der Waals surface area (Å²) in [4.78, 5) is 4.96. The van der Waals surface area contributed by atoms with E-state index in [9.17, 15) is 0 Å². The van der Waals surface area contributed by atoms with E-state index in [0.29, 0.717) is 12.0 Å². The number of hydrogen-bond donors (Lipinski definition) is 1. The van der Waals surface area contributed by atoms with Crippen molar-refractivity contribution in [2.75, 3.05) is 33.7 Å². The Bertz CT molecular complexity index is 252. The van der Waals surface area contributed by atoms with Crippen molar-refractivity contribution in [3.8, 4) is 0 Å². The van der Waals surface area contributed by atoms with Crippen molar-refractivity contribution in [2.24, 2.45) is 11.7 Å². The van der Waals surface area contributed by atoms with Crippen molar-refractivity contribution in [2.45, 2.75) is 31.3 Å². The molecule has 0 saturated carbocycles. The smallest absolute Gasteiger partial charge is 0.0229 e. The maximum Gasteiger partial charge on any atom is 0.0229 e. The Morgan fingerprint density at radius 3 is 2.75 bits per heavy atom. The molecule has 3 atom stereocenters. The lowest BCUT2D eigenvalue weighted by molar-refractivity contribution is 0.207. The van der Waals surface area contributed by atoms with Gasteiger partial charge in [0.15, 0.2) is 0 Å². The fraction of sp³-hybridized carbons (Fsp3) is 0.846. The minimum absolute atomic E-state index is 0.299. The zero-order valence-corrected chi connectivity index (χ0v) is 10.6. The van der Waals surface area contributed by atoms with Gasteiger partial charge in [-0.25, -0.2) is 0 Å². The van der Waals surface area contributed by atoms with Gasteiger partial charge in [0, 0.05) is 25.2 Å². The van der Waals surface area contributed by atoms with E-state index >= 15 is 0 Å². The summed E-state index contributed by atoms with van der Waals surface area (Å²) in [6, 6.07) is 1.07. The van der Waals surface area contributed by atoms with E-state index in [4.69, 9.17) is 5.73 Å². The van der Waals surface area contributed by atoms with Gasteiger partial charge >= 0.3 is 0 Å². The Labute approximate surface area is 99.3 Å². The van der Waals surface area contributed by atoms with Crippen LogP contribution in [0.5, 0.6) is 0 Å². The van der Waals surface area contributed by atoms with Crippen molar-refractivity contribution < 1.29 is 0 Å². The molecule has 0 aromatic heterocycles. The molecule has 2 rings (SSSR count). The molecule has 2 aliphatic rings. The molecule has 92 valence electrons. The van der Waals surface area contributed by atoms with Crippen LogP contribution in [-0.4, -0.2) is 55.6 Å². The van der Waals surface area contributed by atoms with Gasteiger partial charge in [0.1, 0.15) is 0 Å². The lowest BCUT2D eigenvalue weighted by atomic mass is 10.1. The summed E-state index contributed by atoms with van der Waals surface area (Å²) >= 11 is 0. The van der Waals surface area contributed by atoms with E-state index in [-0.39, 0.29) is 0 Å². The third kappa shape index (κ3) is 3.06. The molecule has 0 spiro atoms. The fourth-order valence-corrected chi connectivity index (χ4v) is 2.99. The third-order valence-electron chi connectivity index (χ3n) is 3.95. The molecule has 0 amide bonds. The molecule has 1 aliphatic heterocycles. The standard InChI is InChI=1S/C13H25N3/c1-15(9-11-5-6-12(14)8-11)10-13-4-3-7-16(13)2/h5-6,11-13H,3-4,7-10,14H2,1-2H3. The van der Waals surface area contributed by atoms with Gasteiger partial charge in [-0.15, -0.1) is 0 Å². The van der Waals surface area contributed by atoms with E-state index in [2.05, 4.69) is 36.0 Å². The van der Waals surface area contributed by atoms with Crippen molar-refractivity contribution in [1.82, 2.24) is 9.80 Å². The van der Waals surface area contributed by atoms with Crippen molar-refractivity contribution >= 4 is 0 Å².